The SMILES string of the molecule is COc1cc(-n2nc(I)c3ncnc(N)c32)ccc1[N+](=O)[O-]. The van der Waals surface area contributed by atoms with Gasteiger partial charge in [0.2, 0.25) is 0 Å². The molecule has 0 radical (unpaired) electrons. The zero-order valence-electron chi connectivity index (χ0n) is 11.2. The van der Waals surface area contributed by atoms with E-state index in [2.05, 4.69) is 15.1 Å². The summed E-state index contributed by atoms with van der Waals surface area (Å²) in [5, 5.41) is 15.3. The first-order chi connectivity index (χ1) is 10.5. The Morgan fingerprint density at radius 3 is 2.86 bits per heavy atom. The van der Waals surface area contributed by atoms with E-state index in [1.54, 1.807) is 10.7 Å². The number of nitro groups is 1. The average molecular weight is 412 g/mol. The molecule has 0 saturated carbocycles. The van der Waals surface area contributed by atoms with Gasteiger partial charge >= 0.3 is 5.69 Å². The Labute approximate surface area is 137 Å². The van der Waals surface area contributed by atoms with Crippen molar-refractivity contribution in [2.24, 2.45) is 0 Å². The van der Waals surface area contributed by atoms with Crippen molar-refractivity contribution in [2.45, 2.75) is 0 Å². The Kier molecular flexibility index (Phi) is 3.52. The van der Waals surface area contributed by atoms with Crippen LogP contribution in [0.3, 0.4) is 0 Å². The molecular formula is C12H9IN6O3. The number of nitrogens with two attached hydrogens (primary N) is 1. The fourth-order valence-electron chi connectivity index (χ4n) is 2.07. The van der Waals surface area contributed by atoms with Gasteiger partial charge in [-0.15, -0.1) is 0 Å². The zero-order chi connectivity index (χ0) is 15.9. The first-order valence-corrected chi connectivity index (χ1v) is 7.08. The maximum Gasteiger partial charge on any atom is 0.311 e. The molecule has 2 aromatic heterocycles. The minimum Gasteiger partial charge on any atom is -0.490 e. The van der Waals surface area contributed by atoms with Gasteiger partial charge in [-0.25, -0.2) is 14.6 Å². The van der Waals surface area contributed by atoms with Crippen LogP contribution in [0.5, 0.6) is 5.75 Å². The normalized spacial score (nSPS) is 10.8. The molecule has 0 amide bonds. The number of benzene rings is 1. The summed E-state index contributed by atoms with van der Waals surface area (Å²) < 4.78 is 7.26. The van der Waals surface area contributed by atoms with Gasteiger partial charge < -0.3 is 10.5 Å². The van der Waals surface area contributed by atoms with Gasteiger partial charge in [0.05, 0.1) is 17.7 Å². The number of aromatic nitrogens is 4. The van der Waals surface area contributed by atoms with Crippen LogP contribution in [-0.2, 0) is 0 Å². The lowest BCUT2D eigenvalue weighted by Gasteiger charge is -2.07. The van der Waals surface area contributed by atoms with Crippen LogP contribution in [0.15, 0.2) is 24.5 Å². The highest BCUT2D eigenvalue weighted by molar-refractivity contribution is 14.1. The Morgan fingerprint density at radius 1 is 1.41 bits per heavy atom. The van der Waals surface area contributed by atoms with E-state index in [0.29, 0.717) is 20.4 Å². The van der Waals surface area contributed by atoms with E-state index < -0.39 is 4.92 Å². The Bertz CT molecular complexity index is 894. The van der Waals surface area contributed by atoms with E-state index in [1.807, 2.05) is 22.6 Å². The second-order valence-corrected chi connectivity index (χ2v) is 5.29. The molecule has 22 heavy (non-hydrogen) atoms. The van der Waals surface area contributed by atoms with E-state index in [0.717, 1.165) is 0 Å². The van der Waals surface area contributed by atoms with Crippen LogP contribution in [0.25, 0.3) is 16.7 Å². The molecule has 0 unspecified atom stereocenters. The number of nitro benzene ring substituents is 1. The number of hydrogen-bond donors (Lipinski definition) is 1. The molecule has 0 spiro atoms. The second kappa shape index (κ2) is 5.36. The highest BCUT2D eigenvalue weighted by Crippen LogP contribution is 2.31. The first-order valence-electron chi connectivity index (χ1n) is 6.00. The topological polar surface area (TPSA) is 122 Å². The first kappa shape index (κ1) is 14.4. The van der Waals surface area contributed by atoms with Crippen molar-refractivity contribution in [3.05, 3.63) is 38.3 Å². The molecular weight excluding hydrogens is 403 g/mol. The molecule has 0 fully saturated rings. The van der Waals surface area contributed by atoms with Crippen LogP contribution in [0.1, 0.15) is 0 Å². The smallest absolute Gasteiger partial charge is 0.311 e. The van der Waals surface area contributed by atoms with E-state index in [9.17, 15) is 10.1 Å². The predicted molar refractivity (Wildman–Crippen MR) is 87.0 cm³/mol. The molecule has 3 aromatic rings. The van der Waals surface area contributed by atoms with Crippen LogP contribution >= 0.6 is 22.6 Å². The third-order valence-corrected chi connectivity index (χ3v) is 3.78. The molecule has 9 nitrogen and oxygen atoms in total. The summed E-state index contributed by atoms with van der Waals surface area (Å²) >= 11 is 2.04. The van der Waals surface area contributed by atoms with Gasteiger partial charge in [0.15, 0.2) is 11.6 Å². The Balaban J connectivity index is 2.26. The number of methoxy groups -OCH3 is 1. The number of anilines is 1. The maximum absolute atomic E-state index is 11.0. The highest BCUT2D eigenvalue weighted by Gasteiger charge is 2.19. The van der Waals surface area contributed by atoms with Crippen LogP contribution in [0, 0.1) is 13.8 Å². The minimum absolute atomic E-state index is 0.123. The number of ether oxygens (including phenoxy) is 1. The molecule has 2 heterocycles. The van der Waals surface area contributed by atoms with Crippen molar-refractivity contribution in [3.63, 3.8) is 0 Å². The minimum atomic E-state index is -0.509. The summed E-state index contributed by atoms with van der Waals surface area (Å²) in [6, 6.07) is 4.44. The molecule has 1 aromatic carbocycles. The molecule has 0 aliphatic rings. The number of fused-ring (bicyclic) bond motifs is 1. The van der Waals surface area contributed by atoms with Gasteiger partial charge in [-0.1, -0.05) is 0 Å². The van der Waals surface area contributed by atoms with Gasteiger partial charge in [0, 0.05) is 12.1 Å². The van der Waals surface area contributed by atoms with Crippen LogP contribution in [0.4, 0.5) is 11.5 Å². The second-order valence-electron chi connectivity index (χ2n) is 4.27. The Morgan fingerprint density at radius 2 is 2.18 bits per heavy atom. The summed E-state index contributed by atoms with van der Waals surface area (Å²) in [5.74, 6) is 0.411. The molecule has 0 aliphatic carbocycles. The summed E-state index contributed by atoms with van der Waals surface area (Å²) in [4.78, 5) is 18.6. The van der Waals surface area contributed by atoms with Crippen molar-refractivity contribution in [1.82, 2.24) is 19.7 Å². The van der Waals surface area contributed by atoms with E-state index >= 15 is 0 Å². The van der Waals surface area contributed by atoms with Crippen molar-refractivity contribution in [3.8, 4) is 11.4 Å². The standard InChI is InChI=1S/C12H9IN6O3/c1-22-8-4-6(2-3-7(8)19(20)21)18-10-9(11(13)17-18)15-5-16-12(10)14/h2-5H,1H3,(H2,14,15,16). The highest BCUT2D eigenvalue weighted by atomic mass is 127. The van der Waals surface area contributed by atoms with Crippen LogP contribution in [-0.4, -0.2) is 31.8 Å². The summed E-state index contributed by atoms with van der Waals surface area (Å²) in [5.41, 5.74) is 7.51. The zero-order valence-corrected chi connectivity index (χ0v) is 13.4. The number of halogens is 1. The van der Waals surface area contributed by atoms with Gasteiger partial charge in [-0.05, 0) is 28.7 Å². The number of nitrogen functional groups attached to an aromatic ring is 1. The molecule has 3 rings (SSSR count). The molecule has 0 aliphatic heterocycles. The van der Waals surface area contributed by atoms with E-state index in [-0.39, 0.29) is 17.3 Å². The van der Waals surface area contributed by atoms with Crippen LogP contribution in [0.2, 0.25) is 0 Å². The molecule has 10 heteroatoms. The predicted octanol–water partition coefficient (Wildman–Crippen LogP) is 1.92. The van der Waals surface area contributed by atoms with Gasteiger partial charge in [0.25, 0.3) is 0 Å². The average Bonchev–Trinajstić information content (AvgIpc) is 2.85. The lowest BCUT2D eigenvalue weighted by molar-refractivity contribution is -0.385. The van der Waals surface area contributed by atoms with Crippen LogP contribution < -0.4 is 10.5 Å². The van der Waals surface area contributed by atoms with Crippen molar-refractivity contribution >= 4 is 45.1 Å². The summed E-state index contributed by atoms with van der Waals surface area (Å²) in [6.45, 7) is 0. The quantitative estimate of drug-likeness (QED) is 0.396. The molecule has 2 N–H and O–H groups in total. The van der Waals surface area contributed by atoms with Gasteiger partial charge in [-0.3, -0.25) is 10.1 Å². The number of hydrogen-bond acceptors (Lipinski definition) is 7. The third-order valence-electron chi connectivity index (χ3n) is 3.05. The van der Waals surface area contributed by atoms with Gasteiger partial charge in [-0.2, -0.15) is 5.10 Å². The fraction of sp³-hybridized carbons (Fsp3) is 0.0833. The summed E-state index contributed by atoms with van der Waals surface area (Å²) in [7, 11) is 1.37. The van der Waals surface area contributed by atoms with E-state index in [4.69, 9.17) is 10.5 Å². The van der Waals surface area contributed by atoms with Crippen molar-refractivity contribution in [1.29, 1.82) is 0 Å². The third kappa shape index (κ3) is 2.20. The largest absolute Gasteiger partial charge is 0.490 e. The molecule has 0 saturated heterocycles. The molecule has 0 atom stereocenters. The number of nitrogens with zero attached hydrogens (tertiary/aromatic N) is 5. The molecule has 0 bridgehead atoms. The van der Waals surface area contributed by atoms with Crippen molar-refractivity contribution in [2.75, 3.05) is 12.8 Å². The monoisotopic (exact) mass is 412 g/mol. The lowest BCUT2D eigenvalue weighted by atomic mass is 10.2. The number of rotatable bonds is 3. The van der Waals surface area contributed by atoms with Crippen molar-refractivity contribution < 1.29 is 9.66 Å². The van der Waals surface area contributed by atoms with Gasteiger partial charge in [0.1, 0.15) is 21.1 Å². The summed E-state index contributed by atoms with van der Waals surface area (Å²) in [6.07, 6.45) is 1.36. The van der Waals surface area contributed by atoms with E-state index in [1.165, 1.54) is 25.6 Å². The molecule has 112 valence electrons. The lowest BCUT2D eigenvalue weighted by Crippen LogP contribution is -2.02. The maximum atomic E-state index is 11.0. The Hall–Kier alpha value is -2.50. The fourth-order valence-corrected chi connectivity index (χ4v) is 2.68.